The number of rotatable bonds is 4. The van der Waals surface area contributed by atoms with E-state index in [9.17, 15) is 4.79 Å². The molecule has 1 amide bonds. The van der Waals surface area contributed by atoms with Gasteiger partial charge in [0.1, 0.15) is 0 Å². The zero-order valence-corrected chi connectivity index (χ0v) is 10.9. The molecule has 3 atom stereocenters. The van der Waals surface area contributed by atoms with Crippen molar-refractivity contribution >= 4 is 5.91 Å². The molecule has 1 saturated carbocycles. The quantitative estimate of drug-likeness (QED) is 0.768. The van der Waals surface area contributed by atoms with Gasteiger partial charge in [-0.05, 0) is 32.7 Å². The smallest absolute Gasteiger partial charge is 0.227 e. The summed E-state index contributed by atoms with van der Waals surface area (Å²) in [4.78, 5) is 12.2. The van der Waals surface area contributed by atoms with E-state index in [-0.39, 0.29) is 17.9 Å². The summed E-state index contributed by atoms with van der Waals surface area (Å²) in [5, 5.41) is 6.32. The van der Waals surface area contributed by atoms with Crippen LogP contribution in [0.25, 0.3) is 0 Å². The molecule has 0 radical (unpaired) electrons. The Morgan fingerprint density at radius 1 is 1.29 bits per heavy atom. The molecule has 2 unspecified atom stereocenters. The van der Waals surface area contributed by atoms with Crippen LogP contribution < -0.4 is 10.6 Å². The van der Waals surface area contributed by atoms with Crippen molar-refractivity contribution in [2.45, 2.75) is 44.7 Å². The van der Waals surface area contributed by atoms with E-state index in [1.54, 1.807) is 0 Å². The molecular formula is C13H24N2O2. The average Bonchev–Trinajstić information content (AvgIpc) is 2.99. The normalized spacial score (nSPS) is 31.6. The Bertz CT molecular complexity index is 264. The molecule has 4 heteroatoms. The molecule has 2 N–H and O–H groups in total. The Hall–Kier alpha value is -0.610. The van der Waals surface area contributed by atoms with Crippen molar-refractivity contribution in [2.75, 3.05) is 20.3 Å². The molecule has 0 spiro atoms. The first-order valence-electron chi connectivity index (χ1n) is 6.77. The maximum absolute atomic E-state index is 12.2. The van der Waals surface area contributed by atoms with Gasteiger partial charge in [0.15, 0.2) is 0 Å². The summed E-state index contributed by atoms with van der Waals surface area (Å²) < 4.78 is 5.37. The molecule has 4 nitrogen and oxygen atoms in total. The van der Waals surface area contributed by atoms with Gasteiger partial charge in [-0.3, -0.25) is 4.79 Å². The second kappa shape index (κ2) is 5.83. The number of ether oxygens (including phenoxy) is 1. The van der Waals surface area contributed by atoms with Crippen LogP contribution >= 0.6 is 0 Å². The van der Waals surface area contributed by atoms with Crippen LogP contribution in [-0.2, 0) is 9.53 Å². The fourth-order valence-corrected chi connectivity index (χ4v) is 3.00. The molecule has 2 aliphatic rings. The molecule has 0 bridgehead atoms. The average molecular weight is 240 g/mol. The summed E-state index contributed by atoms with van der Waals surface area (Å²) in [6.07, 6.45) is 5.16. The van der Waals surface area contributed by atoms with Gasteiger partial charge in [-0.25, -0.2) is 0 Å². The van der Waals surface area contributed by atoms with Crippen LogP contribution in [0.4, 0.5) is 0 Å². The minimum Gasteiger partial charge on any atom is -0.379 e. The van der Waals surface area contributed by atoms with Gasteiger partial charge >= 0.3 is 0 Å². The monoisotopic (exact) mass is 240 g/mol. The molecule has 0 aromatic carbocycles. The molecule has 17 heavy (non-hydrogen) atoms. The highest BCUT2D eigenvalue weighted by Gasteiger charge is 2.34. The van der Waals surface area contributed by atoms with E-state index >= 15 is 0 Å². The van der Waals surface area contributed by atoms with Crippen molar-refractivity contribution in [1.82, 2.24) is 10.6 Å². The largest absolute Gasteiger partial charge is 0.379 e. The van der Waals surface area contributed by atoms with Gasteiger partial charge in [-0.2, -0.15) is 0 Å². The van der Waals surface area contributed by atoms with E-state index < -0.39 is 0 Å². The van der Waals surface area contributed by atoms with E-state index in [0.717, 1.165) is 0 Å². The van der Waals surface area contributed by atoms with Crippen molar-refractivity contribution in [2.24, 2.45) is 11.8 Å². The zero-order chi connectivity index (χ0) is 12.3. The molecule has 1 saturated heterocycles. The van der Waals surface area contributed by atoms with Crippen LogP contribution in [0.3, 0.4) is 0 Å². The number of carbonyl (C=O) groups excluding carboxylic acids is 1. The van der Waals surface area contributed by atoms with E-state index in [4.69, 9.17) is 4.74 Å². The van der Waals surface area contributed by atoms with Gasteiger partial charge in [0.05, 0.1) is 19.1 Å². The first-order chi connectivity index (χ1) is 8.22. The molecule has 98 valence electrons. The maximum atomic E-state index is 12.2. The van der Waals surface area contributed by atoms with Crippen LogP contribution in [0, 0.1) is 11.8 Å². The standard InChI is InChI=1S/C13H24N2O2/c1-9(10-5-3-4-6-10)15-13(16)11-7-17-8-12(11)14-2/h9-12,14H,3-8H2,1-2H3,(H,15,16)/t9-,11?,12?/m0/s1. The van der Waals surface area contributed by atoms with Crippen LogP contribution in [0.2, 0.25) is 0 Å². The highest BCUT2D eigenvalue weighted by atomic mass is 16.5. The SMILES string of the molecule is CNC1COCC1C(=O)N[C@@H](C)C1CCCC1. The summed E-state index contributed by atoms with van der Waals surface area (Å²) in [5.74, 6) is 0.805. The van der Waals surface area contributed by atoms with Gasteiger partial charge < -0.3 is 15.4 Å². The third kappa shape index (κ3) is 2.99. The third-order valence-corrected chi connectivity index (χ3v) is 4.26. The summed E-state index contributed by atoms with van der Waals surface area (Å²) in [6, 6.07) is 0.480. The van der Waals surface area contributed by atoms with Crippen molar-refractivity contribution in [1.29, 1.82) is 0 Å². The molecule has 2 fully saturated rings. The van der Waals surface area contributed by atoms with Crippen LogP contribution in [0.5, 0.6) is 0 Å². The van der Waals surface area contributed by atoms with Crippen molar-refractivity contribution in [3.63, 3.8) is 0 Å². The Labute approximate surface area is 103 Å². The van der Waals surface area contributed by atoms with Crippen molar-refractivity contribution in [3.8, 4) is 0 Å². The minimum absolute atomic E-state index is 0.0242. The Morgan fingerprint density at radius 3 is 2.65 bits per heavy atom. The lowest BCUT2D eigenvalue weighted by Gasteiger charge is -2.23. The van der Waals surface area contributed by atoms with Crippen LogP contribution in [0.1, 0.15) is 32.6 Å². The van der Waals surface area contributed by atoms with Gasteiger partial charge in [-0.15, -0.1) is 0 Å². The number of likely N-dealkylation sites (N-methyl/N-ethyl adjacent to an activating group) is 1. The van der Waals surface area contributed by atoms with E-state index in [1.165, 1.54) is 25.7 Å². The second-order valence-electron chi connectivity index (χ2n) is 5.38. The Morgan fingerprint density at radius 2 is 2.00 bits per heavy atom. The highest BCUT2D eigenvalue weighted by molar-refractivity contribution is 5.80. The molecule has 1 aliphatic carbocycles. The van der Waals surface area contributed by atoms with E-state index in [0.29, 0.717) is 25.2 Å². The topological polar surface area (TPSA) is 50.4 Å². The van der Waals surface area contributed by atoms with Crippen molar-refractivity contribution in [3.05, 3.63) is 0 Å². The van der Waals surface area contributed by atoms with Crippen LogP contribution in [-0.4, -0.2) is 38.3 Å². The number of hydrogen-bond acceptors (Lipinski definition) is 3. The number of hydrogen-bond donors (Lipinski definition) is 2. The second-order valence-corrected chi connectivity index (χ2v) is 5.38. The van der Waals surface area contributed by atoms with Crippen LogP contribution in [0.15, 0.2) is 0 Å². The fraction of sp³-hybridized carbons (Fsp3) is 0.923. The molecule has 1 heterocycles. The predicted octanol–water partition coefficient (Wildman–Crippen LogP) is 0.916. The van der Waals surface area contributed by atoms with Gasteiger partial charge in [-0.1, -0.05) is 12.8 Å². The summed E-state index contributed by atoms with van der Waals surface area (Å²) >= 11 is 0. The van der Waals surface area contributed by atoms with Gasteiger partial charge in [0.2, 0.25) is 5.91 Å². The van der Waals surface area contributed by atoms with Gasteiger partial charge in [0, 0.05) is 12.1 Å². The van der Waals surface area contributed by atoms with E-state index in [2.05, 4.69) is 17.6 Å². The highest BCUT2D eigenvalue weighted by Crippen LogP contribution is 2.27. The zero-order valence-electron chi connectivity index (χ0n) is 10.9. The lowest BCUT2D eigenvalue weighted by atomic mass is 9.97. The molecule has 0 aromatic rings. The first-order valence-corrected chi connectivity index (χ1v) is 6.77. The molecular weight excluding hydrogens is 216 g/mol. The van der Waals surface area contributed by atoms with E-state index in [1.807, 2.05) is 7.05 Å². The minimum atomic E-state index is -0.0242. The number of nitrogens with one attached hydrogen (secondary N) is 2. The summed E-state index contributed by atoms with van der Waals surface area (Å²) in [7, 11) is 1.89. The maximum Gasteiger partial charge on any atom is 0.227 e. The fourth-order valence-electron chi connectivity index (χ4n) is 3.00. The first kappa shape index (κ1) is 12.8. The van der Waals surface area contributed by atoms with Gasteiger partial charge in [0.25, 0.3) is 0 Å². The van der Waals surface area contributed by atoms with Crippen molar-refractivity contribution < 1.29 is 9.53 Å². The lowest BCUT2D eigenvalue weighted by Crippen LogP contribution is -2.46. The number of carbonyl (C=O) groups is 1. The Kier molecular flexibility index (Phi) is 4.40. The summed E-state index contributed by atoms with van der Waals surface area (Å²) in [5.41, 5.74) is 0. The predicted molar refractivity (Wildman–Crippen MR) is 66.7 cm³/mol. The molecule has 1 aliphatic heterocycles. The molecule has 2 rings (SSSR count). The number of amides is 1. The Balaban J connectivity index is 1.83. The molecule has 0 aromatic heterocycles. The third-order valence-electron chi connectivity index (χ3n) is 4.26. The lowest BCUT2D eigenvalue weighted by molar-refractivity contribution is -0.126. The summed E-state index contributed by atoms with van der Waals surface area (Å²) in [6.45, 7) is 3.33.